The number of aryl methyl sites for hydroxylation is 1. The van der Waals surface area contributed by atoms with Crippen LogP contribution in [0.2, 0.25) is 0 Å². The Balaban J connectivity index is 1.50. The first-order valence-corrected chi connectivity index (χ1v) is 9.04. The zero-order valence-electron chi connectivity index (χ0n) is 14.6. The lowest BCUT2D eigenvalue weighted by atomic mass is 9.73. The minimum Gasteiger partial charge on any atom is -0.487 e. The largest absolute Gasteiger partial charge is 0.487 e. The maximum atomic E-state index is 13.1. The number of para-hydroxylation sites is 1. The monoisotopic (exact) mass is 348 g/mol. The van der Waals surface area contributed by atoms with E-state index in [1.807, 2.05) is 31.2 Å². The molecule has 1 saturated carbocycles. The highest BCUT2D eigenvalue weighted by atomic mass is 16.5. The third-order valence-electron chi connectivity index (χ3n) is 5.56. The SMILES string of the molecule is Cc1nn2cccnc2c1C(=O)N[C@@H]1CC2(CCC2)Oc2ccccc21. The van der Waals surface area contributed by atoms with Crippen molar-refractivity contribution in [1.82, 2.24) is 19.9 Å². The number of nitrogens with one attached hydrogen (secondary N) is 1. The summed E-state index contributed by atoms with van der Waals surface area (Å²) in [4.78, 5) is 17.4. The molecule has 5 rings (SSSR count). The molecule has 2 aromatic heterocycles. The highest BCUT2D eigenvalue weighted by Gasteiger charge is 2.46. The van der Waals surface area contributed by atoms with E-state index in [1.54, 1.807) is 23.0 Å². The van der Waals surface area contributed by atoms with Crippen molar-refractivity contribution in [3.63, 3.8) is 0 Å². The molecule has 132 valence electrons. The summed E-state index contributed by atoms with van der Waals surface area (Å²) in [5.74, 6) is 0.755. The van der Waals surface area contributed by atoms with E-state index >= 15 is 0 Å². The highest BCUT2D eigenvalue weighted by Crippen LogP contribution is 2.48. The van der Waals surface area contributed by atoms with Crippen molar-refractivity contribution >= 4 is 11.6 Å². The Labute approximate surface area is 151 Å². The minimum atomic E-state index is -0.132. The summed E-state index contributed by atoms with van der Waals surface area (Å²) in [6.07, 6.45) is 7.57. The molecule has 1 aliphatic carbocycles. The Morgan fingerprint density at radius 2 is 2.15 bits per heavy atom. The number of aromatic nitrogens is 3. The molecule has 6 heteroatoms. The van der Waals surface area contributed by atoms with E-state index in [2.05, 4.69) is 15.4 Å². The van der Waals surface area contributed by atoms with Crippen LogP contribution in [0.3, 0.4) is 0 Å². The smallest absolute Gasteiger partial charge is 0.257 e. The normalized spacial score (nSPS) is 20.3. The van der Waals surface area contributed by atoms with Gasteiger partial charge in [0.1, 0.15) is 16.9 Å². The summed E-state index contributed by atoms with van der Waals surface area (Å²) >= 11 is 0. The number of fused-ring (bicyclic) bond motifs is 2. The maximum Gasteiger partial charge on any atom is 0.257 e. The summed E-state index contributed by atoms with van der Waals surface area (Å²) in [5.41, 5.74) is 2.72. The predicted molar refractivity (Wildman–Crippen MR) is 96.2 cm³/mol. The molecule has 0 unspecified atom stereocenters. The van der Waals surface area contributed by atoms with Gasteiger partial charge in [-0.1, -0.05) is 18.2 Å². The van der Waals surface area contributed by atoms with Crippen LogP contribution in [-0.4, -0.2) is 26.1 Å². The number of amides is 1. The zero-order valence-corrected chi connectivity index (χ0v) is 14.6. The number of ether oxygens (including phenoxy) is 1. The molecule has 0 radical (unpaired) electrons. The van der Waals surface area contributed by atoms with Crippen LogP contribution in [0.25, 0.3) is 5.65 Å². The molecule has 1 fully saturated rings. The third-order valence-corrected chi connectivity index (χ3v) is 5.56. The lowest BCUT2D eigenvalue weighted by Crippen LogP contribution is -2.49. The fraction of sp³-hybridized carbons (Fsp3) is 0.350. The Bertz CT molecular complexity index is 1010. The van der Waals surface area contributed by atoms with E-state index in [0.717, 1.165) is 30.6 Å². The van der Waals surface area contributed by atoms with Gasteiger partial charge >= 0.3 is 0 Å². The average Bonchev–Trinajstić information content (AvgIpc) is 2.96. The fourth-order valence-electron chi connectivity index (χ4n) is 4.12. The first-order valence-electron chi connectivity index (χ1n) is 9.04. The summed E-state index contributed by atoms with van der Waals surface area (Å²) in [6, 6.07) is 9.74. The van der Waals surface area contributed by atoms with E-state index in [4.69, 9.17) is 4.74 Å². The van der Waals surface area contributed by atoms with Crippen LogP contribution < -0.4 is 10.1 Å². The number of nitrogens with zero attached hydrogens (tertiary/aromatic N) is 3. The van der Waals surface area contributed by atoms with Gasteiger partial charge in [-0.2, -0.15) is 5.10 Å². The van der Waals surface area contributed by atoms with Crippen molar-refractivity contribution in [3.8, 4) is 5.75 Å². The number of hydrogen-bond donors (Lipinski definition) is 1. The van der Waals surface area contributed by atoms with Crippen molar-refractivity contribution in [2.75, 3.05) is 0 Å². The second-order valence-electron chi connectivity index (χ2n) is 7.25. The van der Waals surface area contributed by atoms with Crippen molar-refractivity contribution in [3.05, 3.63) is 59.5 Å². The minimum absolute atomic E-state index is 0.0641. The molecule has 1 N–H and O–H groups in total. The second-order valence-corrected chi connectivity index (χ2v) is 7.25. The highest BCUT2D eigenvalue weighted by molar-refractivity contribution is 6.01. The van der Waals surface area contributed by atoms with Gasteiger partial charge in [0.15, 0.2) is 5.65 Å². The van der Waals surface area contributed by atoms with Crippen LogP contribution in [0, 0.1) is 6.92 Å². The molecule has 3 aromatic rings. The molecule has 2 aliphatic rings. The number of carbonyl (C=O) groups is 1. The maximum absolute atomic E-state index is 13.1. The molecule has 0 saturated heterocycles. The number of hydrogen-bond acceptors (Lipinski definition) is 4. The van der Waals surface area contributed by atoms with Gasteiger partial charge in [-0.3, -0.25) is 4.79 Å². The Kier molecular flexibility index (Phi) is 3.29. The molecule has 6 nitrogen and oxygen atoms in total. The van der Waals surface area contributed by atoms with Gasteiger partial charge in [0.2, 0.25) is 0 Å². The van der Waals surface area contributed by atoms with Gasteiger partial charge in [0, 0.05) is 24.4 Å². The van der Waals surface area contributed by atoms with Crippen molar-refractivity contribution in [2.24, 2.45) is 0 Å². The molecular weight excluding hydrogens is 328 g/mol. The van der Waals surface area contributed by atoms with Gasteiger partial charge in [-0.25, -0.2) is 9.50 Å². The Hall–Kier alpha value is -2.89. The van der Waals surface area contributed by atoms with Crippen LogP contribution in [0.4, 0.5) is 0 Å². The summed E-state index contributed by atoms with van der Waals surface area (Å²) < 4.78 is 7.92. The van der Waals surface area contributed by atoms with Gasteiger partial charge in [0.05, 0.1) is 11.7 Å². The summed E-state index contributed by atoms with van der Waals surface area (Å²) in [6.45, 7) is 1.84. The Morgan fingerprint density at radius 3 is 2.96 bits per heavy atom. The van der Waals surface area contributed by atoms with Crippen LogP contribution in [0.1, 0.15) is 53.3 Å². The molecule has 1 aromatic carbocycles. The fourth-order valence-corrected chi connectivity index (χ4v) is 4.12. The molecular formula is C20H20N4O2. The first-order chi connectivity index (χ1) is 12.7. The van der Waals surface area contributed by atoms with Crippen molar-refractivity contribution < 1.29 is 9.53 Å². The van der Waals surface area contributed by atoms with Gasteiger partial charge < -0.3 is 10.1 Å². The molecule has 1 aliphatic heterocycles. The van der Waals surface area contributed by atoms with Gasteiger partial charge in [0.25, 0.3) is 5.91 Å². The molecule has 26 heavy (non-hydrogen) atoms. The van der Waals surface area contributed by atoms with Crippen LogP contribution in [0.5, 0.6) is 5.75 Å². The zero-order chi connectivity index (χ0) is 17.7. The predicted octanol–water partition coefficient (Wildman–Crippen LogP) is 3.21. The molecule has 0 bridgehead atoms. The number of carbonyl (C=O) groups excluding carboxylic acids is 1. The van der Waals surface area contributed by atoms with Gasteiger partial charge in [-0.05, 0) is 38.3 Å². The lowest BCUT2D eigenvalue weighted by molar-refractivity contribution is -0.0360. The molecule has 1 spiro atoms. The van der Waals surface area contributed by atoms with E-state index < -0.39 is 0 Å². The third kappa shape index (κ3) is 2.29. The summed E-state index contributed by atoms with van der Waals surface area (Å²) in [7, 11) is 0. The second kappa shape index (κ2) is 5.56. The number of benzene rings is 1. The van der Waals surface area contributed by atoms with Crippen molar-refractivity contribution in [2.45, 2.75) is 44.2 Å². The van der Waals surface area contributed by atoms with Crippen molar-refractivity contribution in [1.29, 1.82) is 0 Å². The van der Waals surface area contributed by atoms with E-state index in [1.165, 1.54) is 6.42 Å². The molecule has 1 amide bonds. The lowest BCUT2D eigenvalue weighted by Gasteiger charge is -2.48. The number of rotatable bonds is 2. The topological polar surface area (TPSA) is 68.5 Å². The quantitative estimate of drug-likeness (QED) is 0.772. The van der Waals surface area contributed by atoms with E-state index in [0.29, 0.717) is 16.9 Å². The van der Waals surface area contributed by atoms with Crippen LogP contribution >= 0.6 is 0 Å². The standard InChI is InChI=1S/C20H20N4O2/c1-13-17(18-21-10-5-11-24(18)23-13)19(25)22-15-12-20(8-4-9-20)26-16-7-3-2-6-14(15)16/h2-3,5-7,10-11,15H,4,8-9,12H2,1H3,(H,22,25)/t15-/m1/s1. The Morgan fingerprint density at radius 1 is 1.31 bits per heavy atom. The van der Waals surface area contributed by atoms with Crippen LogP contribution in [0.15, 0.2) is 42.7 Å². The summed E-state index contributed by atoms with van der Waals surface area (Å²) in [5, 5.41) is 7.62. The van der Waals surface area contributed by atoms with E-state index in [-0.39, 0.29) is 17.6 Å². The average molecular weight is 348 g/mol. The first kappa shape index (κ1) is 15.4. The van der Waals surface area contributed by atoms with Crippen LogP contribution in [-0.2, 0) is 0 Å². The van der Waals surface area contributed by atoms with E-state index in [9.17, 15) is 4.79 Å². The molecule has 1 atom stereocenters. The molecule has 3 heterocycles. The van der Waals surface area contributed by atoms with Gasteiger partial charge in [-0.15, -0.1) is 0 Å².